The largest absolute Gasteiger partial charge is 2.00 e. The summed E-state index contributed by atoms with van der Waals surface area (Å²) < 4.78 is 0. The van der Waals surface area contributed by atoms with Crippen LogP contribution < -0.4 is 0 Å². The molecule has 0 unspecified atom stereocenters. The summed E-state index contributed by atoms with van der Waals surface area (Å²) in [4.78, 5) is 0. The number of hydrogen-bond donors (Lipinski definition) is 0. The molecule has 0 rings (SSSR count). The molecule has 0 aromatic rings. The molecule has 2 nitrogen and oxygen atoms in total. The molecule has 0 bridgehead atoms. The molecule has 0 aliphatic rings. The minimum atomic E-state index is 0. The Morgan fingerprint density at radius 2 is 1.00 bits per heavy atom. The first-order valence-electron chi connectivity index (χ1n) is 0. The van der Waals surface area contributed by atoms with Crippen molar-refractivity contribution in [3.05, 3.63) is 0 Å². The maximum absolute atomic E-state index is 0. The van der Waals surface area contributed by atoms with Crippen LogP contribution in [-0.4, -0.2) is 34.0 Å². The fourth-order valence-electron chi connectivity index (χ4n) is 0. The molecule has 0 aromatic heterocycles. The summed E-state index contributed by atoms with van der Waals surface area (Å²) in [5.41, 5.74) is 0. The quantitative estimate of drug-likeness (QED) is 0.410. The van der Waals surface area contributed by atoms with Gasteiger partial charge in [0.1, 0.15) is 0 Å². The topological polar surface area (TPSA) is 60.0 Å². The van der Waals surface area contributed by atoms with Gasteiger partial charge in [0, 0.05) is 0 Å². The molecule has 20 valence electrons. The van der Waals surface area contributed by atoms with E-state index in [1.54, 1.807) is 0 Å². The zero-order valence-corrected chi connectivity index (χ0v) is 6.69. The second-order valence-corrected chi connectivity index (χ2v) is 0. The van der Waals surface area contributed by atoms with Crippen LogP contribution >= 0.6 is 0 Å². The third-order valence-corrected chi connectivity index (χ3v) is 0. The van der Waals surface area contributed by atoms with Crippen molar-refractivity contribution in [1.29, 1.82) is 0 Å². The molecule has 4 heavy (non-hydrogen) atoms. The second-order valence-electron chi connectivity index (χ2n) is 0. The first kappa shape index (κ1) is 57.5. The summed E-state index contributed by atoms with van der Waals surface area (Å²) in [7, 11) is 0. The van der Waals surface area contributed by atoms with Crippen LogP contribution in [0.3, 0.4) is 0 Å². The molecule has 2 N–H and O–H groups in total. The zero-order chi connectivity index (χ0) is 0. The number of hydrogen-bond acceptors (Lipinski definition) is 2. The van der Waals surface area contributed by atoms with Gasteiger partial charge in [-0.2, -0.15) is 0 Å². The van der Waals surface area contributed by atoms with E-state index in [4.69, 9.17) is 0 Å². The van der Waals surface area contributed by atoms with Crippen LogP contribution in [0.5, 0.6) is 0 Å². The molecule has 0 fully saturated rings. The van der Waals surface area contributed by atoms with Crippen LogP contribution in [0.1, 0.15) is 2.85 Å². The normalized spacial score (nSPS) is 0. The first-order chi connectivity index (χ1) is 0. The summed E-state index contributed by atoms with van der Waals surface area (Å²) in [5, 5.41) is 0. The van der Waals surface area contributed by atoms with Gasteiger partial charge in [-0.15, -0.1) is 0 Å². The van der Waals surface area contributed by atoms with Crippen LogP contribution in [0.15, 0.2) is 0 Å². The molecule has 0 aliphatic carbocycles. The molecular weight excluding hydrogens is 122 g/mol. The van der Waals surface area contributed by atoms with Crippen molar-refractivity contribution in [3.63, 3.8) is 0 Å². The van der Waals surface area contributed by atoms with Gasteiger partial charge in [0.05, 0.1) is 0 Å². The van der Waals surface area contributed by atoms with Gasteiger partial charge in [-0.05, 0) is 0 Å². The molecule has 0 saturated carbocycles. The van der Waals surface area contributed by atoms with Crippen LogP contribution in [0, 0.1) is 0 Å². The van der Waals surface area contributed by atoms with Crippen molar-refractivity contribution in [2.75, 3.05) is 0 Å². The van der Waals surface area contributed by atoms with E-state index in [2.05, 4.69) is 0 Å². The molecule has 0 radical (unpaired) electrons. The third kappa shape index (κ3) is 10.3. The van der Waals surface area contributed by atoms with E-state index in [1.807, 2.05) is 0 Å². The van der Waals surface area contributed by atoms with Gasteiger partial charge in [0.25, 0.3) is 0 Å². The van der Waals surface area contributed by atoms with Crippen LogP contribution in [0.4, 0.5) is 0 Å². The average molecular weight is 126 g/mol. The van der Waals surface area contributed by atoms with Crippen LogP contribution in [0.2, 0.25) is 0 Å². The molecule has 0 heterocycles. The molecule has 0 saturated heterocycles. The van der Waals surface area contributed by atoms with E-state index in [9.17, 15) is 0 Å². The number of rotatable bonds is 0. The summed E-state index contributed by atoms with van der Waals surface area (Å²) in [6.45, 7) is 0. The van der Waals surface area contributed by atoms with E-state index < -0.39 is 0 Å². The molecule has 0 aliphatic heterocycles. The van der Waals surface area contributed by atoms with E-state index >= 15 is 0 Å². The van der Waals surface area contributed by atoms with Gasteiger partial charge in [-0.1, -0.05) is 0 Å². The predicted molar refractivity (Wildman–Crippen MR) is 11.8 cm³/mol. The summed E-state index contributed by atoms with van der Waals surface area (Å²) in [6.07, 6.45) is 0. The Hall–Kier alpha value is 1.31. The van der Waals surface area contributed by atoms with Gasteiger partial charge in [-0.25, -0.2) is 0 Å². The van der Waals surface area contributed by atoms with E-state index in [0.717, 1.165) is 0 Å². The second kappa shape index (κ2) is 27.5. The van der Waals surface area contributed by atoms with Gasteiger partial charge in [0.2, 0.25) is 0 Å². The SMILES string of the molecule is [H-].[H-].[Mg+2].[OH-].[OH-].[Zn+2]. The first-order valence-corrected chi connectivity index (χ1v) is 0. The Morgan fingerprint density at radius 1 is 1.00 bits per heavy atom. The van der Waals surface area contributed by atoms with Crippen molar-refractivity contribution < 1.29 is 33.3 Å². The van der Waals surface area contributed by atoms with Crippen LogP contribution in [0.25, 0.3) is 0 Å². The Morgan fingerprint density at radius 3 is 1.00 bits per heavy atom. The smallest absolute Gasteiger partial charge is 1.00 e. The summed E-state index contributed by atoms with van der Waals surface area (Å²) in [6, 6.07) is 0. The van der Waals surface area contributed by atoms with Gasteiger partial charge < -0.3 is 13.8 Å². The molecule has 0 aromatic carbocycles. The Bertz CT molecular complexity index is 11.5. The monoisotopic (exact) mass is 124 g/mol. The van der Waals surface area contributed by atoms with E-state index in [1.165, 1.54) is 0 Å². The fraction of sp³-hybridized carbons (Fsp3) is 0. The molecule has 0 amide bonds. The Kier molecular flexibility index (Phi) is 396. The minimum absolute atomic E-state index is 0. The average Bonchev–Trinajstić information content (AvgIpc) is 0. The van der Waals surface area contributed by atoms with Crippen molar-refractivity contribution >= 4 is 23.1 Å². The maximum Gasteiger partial charge on any atom is 2.00 e. The third-order valence-electron chi connectivity index (χ3n) is 0. The maximum atomic E-state index is 0. The summed E-state index contributed by atoms with van der Waals surface area (Å²) >= 11 is 0. The molecule has 0 atom stereocenters. The van der Waals surface area contributed by atoms with E-state index in [-0.39, 0.29) is 56.3 Å². The molecular formula is H4MgO2Zn. The molecule has 0 spiro atoms. The van der Waals surface area contributed by atoms with Gasteiger partial charge >= 0.3 is 42.5 Å². The Labute approximate surface area is 56.5 Å². The summed E-state index contributed by atoms with van der Waals surface area (Å²) in [5.74, 6) is 0. The zero-order valence-electron chi connectivity index (χ0n) is 4.31. The molecule has 4 heteroatoms. The van der Waals surface area contributed by atoms with Gasteiger partial charge in [-0.3, -0.25) is 0 Å². The Balaban J connectivity index is 0. The van der Waals surface area contributed by atoms with E-state index in [0.29, 0.717) is 0 Å². The standard InChI is InChI=1S/Mg.2H2O.Zn.2H/h;2*1H2;;;/q+2;;;+2;2*-1/p-2. The van der Waals surface area contributed by atoms with Crippen molar-refractivity contribution in [2.24, 2.45) is 0 Å². The van der Waals surface area contributed by atoms with Crippen molar-refractivity contribution in [2.45, 2.75) is 0 Å². The van der Waals surface area contributed by atoms with Crippen molar-refractivity contribution in [3.8, 4) is 0 Å². The predicted octanol–water partition coefficient (Wildman–Crippen LogP) is -0.512. The van der Waals surface area contributed by atoms with Gasteiger partial charge in [0.15, 0.2) is 0 Å². The fourth-order valence-corrected chi connectivity index (χ4v) is 0. The van der Waals surface area contributed by atoms with Crippen molar-refractivity contribution in [1.82, 2.24) is 0 Å². The minimum Gasteiger partial charge on any atom is -1.00 e. The van der Waals surface area contributed by atoms with Crippen LogP contribution in [-0.2, 0) is 19.5 Å².